The first-order valence-corrected chi connectivity index (χ1v) is 11.6. The molecular weight excluding hydrogens is 446 g/mol. The Kier molecular flexibility index (Phi) is 6.62. The summed E-state index contributed by atoms with van der Waals surface area (Å²) in [6.45, 7) is 4.50. The minimum Gasteiger partial charge on any atom is -0.494 e. The van der Waals surface area contributed by atoms with E-state index in [1.807, 2.05) is 56.3 Å². The van der Waals surface area contributed by atoms with Gasteiger partial charge in [0.25, 0.3) is 0 Å². The van der Waals surface area contributed by atoms with Gasteiger partial charge in [0.05, 0.1) is 28.9 Å². The normalized spacial score (nSPS) is 10.7. The molecule has 2 aromatic carbocycles. The first-order valence-electron chi connectivity index (χ1n) is 9.91. The van der Waals surface area contributed by atoms with Crippen molar-refractivity contribution in [3.63, 3.8) is 0 Å². The van der Waals surface area contributed by atoms with Gasteiger partial charge < -0.3 is 15.4 Å². The van der Waals surface area contributed by atoms with Crippen molar-refractivity contribution in [1.82, 2.24) is 9.97 Å². The molecule has 0 aliphatic rings. The van der Waals surface area contributed by atoms with E-state index in [0.29, 0.717) is 28.3 Å². The molecule has 0 aliphatic heterocycles. The van der Waals surface area contributed by atoms with E-state index >= 15 is 0 Å². The first-order chi connectivity index (χ1) is 15.5. The third-order valence-corrected chi connectivity index (χ3v) is 6.08. The first kappa shape index (κ1) is 21.7. The van der Waals surface area contributed by atoms with E-state index in [-0.39, 0.29) is 18.4 Å². The van der Waals surface area contributed by atoms with Gasteiger partial charge in [-0.05, 0) is 44.2 Å². The topological polar surface area (TPSA) is 105 Å². The fourth-order valence-corrected chi connectivity index (χ4v) is 4.50. The monoisotopic (exact) mass is 467 g/mol. The Labute approximate surface area is 192 Å². The number of benzene rings is 2. The lowest BCUT2D eigenvalue weighted by molar-refractivity contribution is -0.115. The molecule has 2 aromatic heterocycles. The van der Waals surface area contributed by atoms with E-state index in [4.69, 9.17) is 4.74 Å². The summed E-state index contributed by atoms with van der Waals surface area (Å²) in [4.78, 5) is 33.3. The van der Waals surface area contributed by atoms with E-state index in [1.165, 1.54) is 22.7 Å². The van der Waals surface area contributed by atoms with E-state index in [9.17, 15) is 9.59 Å². The number of carbonyl (C=O) groups is 2. The number of aromatic nitrogens is 2. The highest BCUT2D eigenvalue weighted by Gasteiger charge is 2.13. The molecule has 164 valence electrons. The lowest BCUT2D eigenvalue weighted by Gasteiger charge is -2.05. The quantitative estimate of drug-likeness (QED) is 0.343. The molecule has 0 spiro atoms. The van der Waals surface area contributed by atoms with Crippen LogP contribution >= 0.6 is 22.7 Å². The molecule has 10 heteroatoms. The minimum absolute atomic E-state index is 0.0812. The van der Waals surface area contributed by atoms with Crippen molar-refractivity contribution in [3.05, 3.63) is 59.1 Å². The molecule has 0 atom stereocenters. The van der Waals surface area contributed by atoms with Gasteiger partial charge in [-0.3, -0.25) is 10.1 Å². The zero-order valence-corrected chi connectivity index (χ0v) is 19.1. The number of hydrogen-bond acceptors (Lipinski definition) is 7. The highest BCUT2D eigenvalue weighted by molar-refractivity contribution is 7.22. The molecule has 0 bridgehead atoms. The van der Waals surface area contributed by atoms with Crippen molar-refractivity contribution in [2.45, 2.75) is 20.3 Å². The SMILES string of the molecule is CCOc1ccc2nc(NC(=O)Cc3csc(NC(=O)Nc4ccc(C)cc4)n3)sc2c1. The average Bonchev–Trinajstić information content (AvgIpc) is 3.35. The van der Waals surface area contributed by atoms with E-state index in [1.54, 1.807) is 5.38 Å². The van der Waals surface area contributed by atoms with E-state index < -0.39 is 0 Å². The molecule has 0 unspecified atom stereocenters. The van der Waals surface area contributed by atoms with Crippen LogP contribution in [0.1, 0.15) is 18.2 Å². The number of fused-ring (bicyclic) bond motifs is 1. The smallest absolute Gasteiger partial charge is 0.325 e. The van der Waals surface area contributed by atoms with Gasteiger partial charge in [0, 0.05) is 11.1 Å². The van der Waals surface area contributed by atoms with Gasteiger partial charge in [-0.1, -0.05) is 29.0 Å². The van der Waals surface area contributed by atoms with Crippen molar-refractivity contribution in [2.24, 2.45) is 0 Å². The summed E-state index contributed by atoms with van der Waals surface area (Å²) < 4.78 is 6.44. The Balaban J connectivity index is 1.31. The second-order valence-electron chi connectivity index (χ2n) is 6.90. The van der Waals surface area contributed by atoms with Crippen LogP contribution < -0.4 is 20.7 Å². The van der Waals surface area contributed by atoms with Gasteiger partial charge in [0.2, 0.25) is 5.91 Å². The Morgan fingerprint density at radius 3 is 2.59 bits per heavy atom. The Morgan fingerprint density at radius 1 is 1.00 bits per heavy atom. The number of carbonyl (C=O) groups excluding carboxylic acids is 2. The highest BCUT2D eigenvalue weighted by atomic mass is 32.1. The van der Waals surface area contributed by atoms with Crippen LogP contribution in [0.2, 0.25) is 0 Å². The van der Waals surface area contributed by atoms with Crippen LogP contribution in [-0.2, 0) is 11.2 Å². The molecule has 2 heterocycles. The van der Waals surface area contributed by atoms with Crippen LogP contribution in [0.25, 0.3) is 10.2 Å². The van der Waals surface area contributed by atoms with Crippen LogP contribution in [0, 0.1) is 6.92 Å². The number of aryl methyl sites for hydroxylation is 1. The van der Waals surface area contributed by atoms with Crippen molar-refractivity contribution in [2.75, 3.05) is 22.6 Å². The van der Waals surface area contributed by atoms with Gasteiger partial charge in [0.1, 0.15) is 5.75 Å². The molecule has 4 aromatic rings. The van der Waals surface area contributed by atoms with E-state index in [0.717, 1.165) is 21.5 Å². The third-order valence-electron chi connectivity index (χ3n) is 4.34. The van der Waals surface area contributed by atoms with Gasteiger partial charge in [-0.15, -0.1) is 11.3 Å². The fraction of sp³-hybridized carbons (Fsp3) is 0.182. The summed E-state index contributed by atoms with van der Waals surface area (Å²) in [6, 6.07) is 12.7. The number of ether oxygens (including phenoxy) is 1. The lowest BCUT2D eigenvalue weighted by atomic mass is 10.2. The van der Waals surface area contributed by atoms with Crippen molar-refractivity contribution < 1.29 is 14.3 Å². The van der Waals surface area contributed by atoms with Crippen LogP contribution in [0.5, 0.6) is 5.75 Å². The second-order valence-corrected chi connectivity index (χ2v) is 8.78. The highest BCUT2D eigenvalue weighted by Crippen LogP contribution is 2.29. The maximum Gasteiger partial charge on any atom is 0.325 e. The largest absolute Gasteiger partial charge is 0.494 e. The summed E-state index contributed by atoms with van der Waals surface area (Å²) in [5, 5.41) is 10.9. The number of urea groups is 1. The second kappa shape index (κ2) is 9.75. The molecule has 0 aliphatic carbocycles. The predicted molar refractivity (Wildman–Crippen MR) is 129 cm³/mol. The average molecular weight is 468 g/mol. The molecule has 0 fully saturated rings. The summed E-state index contributed by atoms with van der Waals surface area (Å²) in [6.07, 6.45) is 0.0812. The summed E-state index contributed by atoms with van der Waals surface area (Å²) in [7, 11) is 0. The van der Waals surface area contributed by atoms with Crippen molar-refractivity contribution in [3.8, 4) is 5.75 Å². The minimum atomic E-state index is -0.389. The van der Waals surface area contributed by atoms with Gasteiger partial charge >= 0.3 is 6.03 Å². The molecule has 3 N–H and O–H groups in total. The molecule has 8 nitrogen and oxygen atoms in total. The number of nitrogens with zero attached hydrogens (tertiary/aromatic N) is 2. The summed E-state index contributed by atoms with van der Waals surface area (Å²) in [5.74, 6) is 0.547. The molecule has 4 rings (SSSR count). The van der Waals surface area contributed by atoms with Crippen LogP contribution in [0.3, 0.4) is 0 Å². The standard InChI is InChI=1S/C22H21N5O3S2/c1-3-30-16-8-9-17-18(11-16)32-22(25-17)26-19(28)10-15-12-31-21(24-15)27-20(29)23-14-6-4-13(2)5-7-14/h4-9,11-12H,3,10H2,1-2H3,(H,25,26,28)(H2,23,24,27,29). The number of thiazole rings is 2. The number of anilines is 3. The van der Waals surface area contributed by atoms with Crippen LogP contribution in [0.4, 0.5) is 20.7 Å². The number of nitrogens with one attached hydrogen (secondary N) is 3. The van der Waals surface area contributed by atoms with Crippen molar-refractivity contribution >= 4 is 60.8 Å². The number of amides is 3. The Morgan fingerprint density at radius 2 is 1.81 bits per heavy atom. The lowest BCUT2D eigenvalue weighted by Crippen LogP contribution is -2.19. The van der Waals surface area contributed by atoms with Crippen LogP contribution in [0.15, 0.2) is 47.8 Å². The van der Waals surface area contributed by atoms with Gasteiger partial charge in [-0.25, -0.2) is 14.8 Å². The van der Waals surface area contributed by atoms with E-state index in [2.05, 4.69) is 25.9 Å². The maximum absolute atomic E-state index is 12.4. The van der Waals surface area contributed by atoms with Gasteiger partial charge in [-0.2, -0.15) is 0 Å². The fourth-order valence-electron chi connectivity index (χ4n) is 2.88. The Bertz CT molecular complexity index is 1250. The molecule has 0 saturated heterocycles. The number of rotatable bonds is 7. The molecular formula is C22H21N5O3S2. The summed E-state index contributed by atoms with van der Waals surface area (Å²) in [5.41, 5.74) is 3.17. The molecule has 32 heavy (non-hydrogen) atoms. The maximum atomic E-state index is 12.4. The summed E-state index contributed by atoms with van der Waals surface area (Å²) >= 11 is 2.64. The van der Waals surface area contributed by atoms with Crippen molar-refractivity contribution in [1.29, 1.82) is 0 Å². The van der Waals surface area contributed by atoms with Gasteiger partial charge in [0.15, 0.2) is 10.3 Å². The third kappa shape index (κ3) is 5.59. The zero-order valence-electron chi connectivity index (χ0n) is 17.5. The molecule has 3 amide bonds. The zero-order chi connectivity index (χ0) is 22.5. The molecule has 0 radical (unpaired) electrons. The number of hydrogen-bond donors (Lipinski definition) is 3. The predicted octanol–water partition coefficient (Wildman–Crippen LogP) is 5.29. The molecule has 0 saturated carbocycles. The van der Waals surface area contributed by atoms with Crippen LogP contribution in [-0.4, -0.2) is 28.5 Å². The Hall–Kier alpha value is -3.50.